The maximum absolute atomic E-state index is 5.25. The molecule has 0 radical (unpaired) electrons. The minimum Gasteiger partial charge on any atom is -0.380 e. The van der Waals surface area contributed by atoms with Gasteiger partial charge in [-0.15, -0.1) is 0 Å². The molecule has 1 N–H and O–H groups in total. The molecule has 0 amide bonds. The third-order valence-electron chi connectivity index (χ3n) is 4.56. The summed E-state index contributed by atoms with van der Waals surface area (Å²) >= 11 is 0. The molecule has 0 aromatic heterocycles. The van der Waals surface area contributed by atoms with E-state index in [1.54, 1.807) is 7.11 Å². The Morgan fingerprint density at radius 3 is 2.76 bits per heavy atom. The van der Waals surface area contributed by atoms with Crippen LogP contribution in [0, 0.1) is 5.92 Å². The number of hydrogen-bond donors (Lipinski definition) is 1. The van der Waals surface area contributed by atoms with Crippen molar-refractivity contribution in [3.05, 3.63) is 35.4 Å². The highest BCUT2D eigenvalue weighted by Gasteiger charge is 2.26. The van der Waals surface area contributed by atoms with E-state index >= 15 is 0 Å². The number of hydrogen-bond acceptors (Lipinski definition) is 3. The van der Waals surface area contributed by atoms with Crippen molar-refractivity contribution in [3.63, 3.8) is 0 Å². The molecular formula is C18H28N2O. The first kappa shape index (κ1) is 15.0. The Morgan fingerprint density at radius 1 is 1.19 bits per heavy atom. The molecule has 21 heavy (non-hydrogen) atoms. The van der Waals surface area contributed by atoms with Crippen molar-refractivity contribution in [2.24, 2.45) is 5.92 Å². The molecule has 1 aliphatic carbocycles. The van der Waals surface area contributed by atoms with Gasteiger partial charge in [0.15, 0.2) is 0 Å². The van der Waals surface area contributed by atoms with Crippen LogP contribution in [0.5, 0.6) is 0 Å². The first-order valence-corrected chi connectivity index (χ1v) is 8.36. The minimum atomic E-state index is 0.700. The van der Waals surface area contributed by atoms with E-state index in [0.717, 1.165) is 12.5 Å². The average Bonchev–Trinajstić information content (AvgIpc) is 3.13. The molecule has 1 unspecified atom stereocenters. The highest BCUT2D eigenvalue weighted by Crippen LogP contribution is 2.30. The number of rotatable bonds is 8. The standard InChI is InChI=1S/C18H28N2O/c1-21-14-17-5-2-4-16(10-17)12-20(11-15-7-8-15)13-18-6-3-9-19-18/h2,4-5,10,15,18-19H,3,6-9,11-14H2,1H3. The van der Waals surface area contributed by atoms with E-state index in [4.69, 9.17) is 4.74 Å². The van der Waals surface area contributed by atoms with Gasteiger partial charge < -0.3 is 10.1 Å². The highest BCUT2D eigenvalue weighted by atomic mass is 16.5. The number of nitrogens with one attached hydrogen (secondary N) is 1. The van der Waals surface area contributed by atoms with Crippen LogP contribution in [-0.2, 0) is 17.9 Å². The second-order valence-electron chi connectivity index (χ2n) is 6.68. The Hall–Kier alpha value is -0.900. The Labute approximate surface area is 128 Å². The number of methoxy groups -OCH3 is 1. The van der Waals surface area contributed by atoms with Gasteiger partial charge in [0.2, 0.25) is 0 Å². The molecule has 2 aliphatic rings. The van der Waals surface area contributed by atoms with Crippen LogP contribution >= 0.6 is 0 Å². The normalized spacial score (nSPS) is 22.1. The van der Waals surface area contributed by atoms with E-state index in [2.05, 4.69) is 34.5 Å². The van der Waals surface area contributed by atoms with Gasteiger partial charge in [0.25, 0.3) is 0 Å². The largest absolute Gasteiger partial charge is 0.380 e. The monoisotopic (exact) mass is 288 g/mol. The van der Waals surface area contributed by atoms with Crippen molar-refractivity contribution in [2.75, 3.05) is 26.7 Å². The number of benzene rings is 1. The van der Waals surface area contributed by atoms with Gasteiger partial charge in [-0.25, -0.2) is 0 Å². The van der Waals surface area contributed by atoms with Gasteiger partial charge in [-0.05, 0) is 49.3 Å². The Bertz CT molecular complexity index is 439. The number of ether oxygens (including phenoxy) is 1. The lowest BCUT2D eigenvalue weighted by atomic mass is 10.1. The molecule has 1 saturated heterocycles. The Balaban J connectivity index is 1.60. The minimum absolute atomic E-state index is 0.700. The lowest BCUT2D eigenvalue weighted by Gasteiger charge is -2.26. The third kappa shape index (κ3) is 4.80. The zero-order chi connectivity index (χ0) is 14.5. The molecule has 1 atom stereocenters. The van der Waals surface area contributed by atoms with E-state index in [1.165, 1.54) is 56.4 Å². The SMILES string of the molecule is COCc1cccc(CN(CC2CC2)CC2CCCN2)c1. The summed E-state index contributed by atoms with van der Waals surface area (Å²) in [4.78, 5) is 2.66. The molecule has 2 fully saturated rings. The van der Waals surface area contributed by atoms with Crippen LogP contribution in [0.4, 0.5) is 0 Å². The summed E-state index contributed by atoms with van der Waals surface area (Å²) < 4.78 is 5.25. The maximum Gasteiger partial charge on any atom is 0.0713 e. The van der Waals surface area contributed by atoms with Crippen molar-refractivity contribution in [1.82, 2.24) is 10.2 Å². The van der Waals surface area contributed by atoms with Crippen LogP contribution in [0.3, 0.4) is 0 Å². The van der Waals surface area contributed by atoms with Crippen molar-refractivity contribution in [1.29, 1.82) is 0 Å². The van der Waals surface area contributed by atoms with Crippen LogP contribution in [0.15, 0.2) is 24.3 Å². The lowest BCUT2D eigenvalue weighted by Crippen LogP contribution is -2.38. The van der Waals surface area contributed by atoms with E-state index in [1.807, 2.05) is 0 Å². The first-order valence-electron chi connectivity index (χ1n) is 8.36. The lowest BCUT2D eigenvalue weighted by molar-refractivity contribution is 0.184. The quantitative estimate of drug-likeness (QED) is 0.796. The van der Waals surface area contributed by atoms with Crippen LogP contribution in [0.1, 0.15) is 36.8 Å². The van der Waals surface area contributed by atoms with Gasteiger partial charge in [0.05, 0.1) is 6.61 Å². The van der Waals surface area contributed by atoms with E-state index in [9.17, 15) is 0 Å². The van der Waals surface area contributed by atoms with Crippen molar-refractivity contribution in [3.8, 4) is 0 Å². The molecular weight excluding hydrogens is 260 g/mol. The van der Waals surface area contributed by atoms with Crippen molar-refractivity contribution in [2.45, 2.75) is 44.9 Å². The fraction of sp³-hybridized carbons (Fsp3) is 0.667. The van der Waals surface area contributed by atoms with Crippen molar-refractivity contribution < 1.29 is 4.74 Å². The molecule has 1 aromatic carbocycles. The molecule has 116 valence electrons. The maximum atomic E-state index is 5.25. The molecule has 0 bridgehead atoms. The summed E-state index contributed by atoms with van der Waals surface area (Å²) in [7, 11) is 1.76. The Morgan fingerprint density at radius 2 is 2.05 bits per heavy atom. The van der Waals surface area contributed by atoms with Crippen LogP contribution in [-0.4, -0.2) is 37.7 Å². The fourth-order valence-electron chi connectivity index (χ4n) is 3.34. The third-order valence-corrected chi connectivity index (χ3v) is 4.56. The smallest absolute Gasteiger partial charge is 0.0713 e. The average molecular weight is 288 g/mol. The van der Waals surface area contributed by atoms with Crippen LogP contribution < -0.4 is 5.32 Å². The number of nitrogens with zero attached hydrogens (tertiary/aromatic N) is 1. The zero-order valence-electron chi connectivity index (χ0n) is 13.2. The molecule has 3 heteroatoms. The summed E-state index contributed by atoms with van der Waals surface area (Å²) in [5.74, 6) is 0.952. The molecule has 1 aliphatic heterocycles. The fourth-order valence-corrected chi connectivity index (χ4v) is 3.34. The zero-order valence-corrected chi connectivity index (χ0v) is 13.2. The van der Waals surface area contributed by atoms with Gasteiger partial charge >= 0.3 is 0 Å². The summed E-state index contributed by atoms with van der Waals surface area (Å²) in [5.41, 5.74) is 2.70. The summed E-state index contributed by atoms with van der Waals surface area (Å²) in [6, 6.07) is 9.56. The molecule has 1 saturated carbocycles. The molecule has 3 rings (SSSR count). The summed E-state index contributed by atoms with van der Waals surface area (Å²) in [6.45, 7) is 5.45. The molecule has 1 aromatic rings. The van der Waals surface area contributed by atoms with Gasteiger partial charge in [0, 0.05) is 32.8 Å². The van der Waals surface area contributed by atoms with Crippen molar-refractivity contribution >= 4 is 0 Å². The van der Waals surface area contributed by atoms with E-state index < -0.39 is 0 Å². The van der Waals surface area contributed by atoms with E-state index in [0.29, 0.717) is 12.6 Å². The van der Waals surface area contributed by atoms with Gasteiger partial charge in [-0.3, -0.25) is 4.90 Å². The molecule has 1 heterocycles. The van der Waals surface area contributed by atoms with Crippen LogP contribution in [0.25, 0.3) is 0 Å². The highest BCUT2D eigenvalue weighted by molar-refractivity contribution is 5.23. The molecule has 3 nitrogen and oxygen atoms in total. The van der Waals surface area contributed by atoms with E-state index in [-0.39, 0.29) is 0 Å². The van der Waals surface area contributed by atoms with Crippen LogP contribution in [0.2, 0.25) is 0 Å². The first-order chi connectivity index (χ1) is 10.3. The molecule has 0 spiro atoms. The predicted octanol–water partition coefficient (Wildman–Crippen LogP) is 2.80. The second kappa shape index (κ2) is 7.39. The van der Waals surface area contributed by atoms with Gasteiger partial charge in [-0.2, -0.15) is 0 Å². The summed E-state index contributed by atoms with van der Waals surface area (Å²) in [5, 5.41) is 3.64. The summed E-state index contributed by atoms with van der Waals surface area (Å²) in [6.07, 6.45) is 5.53. The predicted molar refractivity (Wildman–Crippen MR) is 86.2 cm³/mol. The Kier molecular flexibility index (Phi) is 5.28. The second-order valence-corrected chi connectivity index (χ2v) is 6.68. The van der Waals surface area contributed by atoms with Gasteiger partial charge in [-0.1, -0.05) is 24.3 Å². The topological polar surface area (TPSA) is 24.5 Å². The van der Waals surface area contributed by atoms with Gasteiger partial charge in [0.1, 0.15) is 0 Å².